The number of hydrogen-bond acceptors (Lipinski definition) is 9. The molecule has 0 aliphatic heterocycles. The maximum Gasteiger partial charge on any atom is 0.294 e. The molecule has 0 fully saturated rings. The molecule has 0 aliphatic carbocycles. The fourth-order valence-electron chi connectivity index (χ4n) is 2.89. The molecule has 33 heavy (non-hydrogen) atoms. The molecule has 13 heteroatoms. The first kappa shape index (κ1) is 22.2. The van der Waals surface area contributed by atoms with Gasteiger partial charge in [0.1, 0.15) is 11.4 Å². The van der Waals surface area contributed by atoms with E-state index in [9.17, 15) is 4.79 Å². The molecule has 2 aromatic heterocycles. The summed E-state index contributed by atoms with van der Waals surface area (Å²) in [7, 11) is 0. The largest absolute Gasteiger partial charge is 0.494 e. The van der Waals surface area contributed by atoms with E-state index in [-0.39, 0.29) is 17.3 Å². The van der Waals surface area contributed by atoms with Crippen LogP contribution in [0.25, 0.3) is 17.1 Å². The average Bonchev–Trinajstić information content (AvgIpc) is 3.43. The second-order valence-electron chi connectivity index (χ2n) is 6.47. The van der Waals surface area contributed by atoms with E-state index in [1.165, 1.54) is 10.9 Å². The van der Waals surface area contributed by atoms with Gasteiger partial charge in [-0.3, -0.25) is 4.79 Å². The molecule has 0 aliphatic rings. The van der Waals surface area contributed by atoms with Crippen LogP contribution in [0.1, 0.15) is 23.0 Å². The van der Waals surface area contributed by atoms with Crippen molar-refractivity contribution in [1.82, 2.24) is 30.7 Å². The molecule has 0 atom stereocenters. The van der Waals surface area contributed by atoms with E-state index in [4.69, 9.17) is 33.7 Å². The normalized spacial score (nSPS) is 11.1. The fourth-order valence-corrected chi connectivity index (χ4v) is 3.25. The van der Waals surface area contributed by atoms with Crippen molar-refractivity contribution in [2.75, 3.05) is 12.3 Å². The highest BCUT2D eigenvalue weighted by atomic mass is 35.5. The van der Waals surface area contributed by atoms with Gasteiger partial charge in [0.2, 0.25) is 11.6 Å². The molecule has 0 bridgehead atoms. The van der Waals surface area contributed by atoms with Crippen molar-refractivity contribution in [1.29, 1.82) is 0 Å². The van der Waals surface area contributed by atoms with Crippen LogP contribution in [-0.2, 0) is 0 Å². The van der Waals surface area contributed by atoms with Crippen molar-refractivity contribution in [2.24, 2.45) is 5.10 Å². The second-order valence-corrected chi connectivity index (χ2v) is 7.26. The number of anilines is 1. The lowest BCUT2D eigenvalue weighted by molar-refractivity contribution is 0.0950. The first-order valence-electron chi connectivity index (χ1n) is 9.54. The SMILES string of the molecule is CCOc1ccc(-c2c(C(=O)N/N=C/c3cccc(Cl)c3Cl)nnn2-c2nonc2N)cc1. The van der Waals surface area contributed by atoms with E-state index in [0.29, 0.717) is 39.2 Å². The van der Waals surface area contributed by atoms with E-state index in [0.717, 1.165) is 0 Å². The van der Waals surface area contributed by atoms with Crippen LogP contribution in [0.2, 0.25) is 10.0 Å². The minimum atomic E-state index is -0.630. The van der Waals surface area contributed by atoms with Crippen molar-refractivity contribution < 1.29 is 14.2 Å². The van der Waals surface area contributed by atoms with Crippen LogP contribution >= 0.6 is 23.2 Å². The maximum atomic E-state index is 12.9. The summed E-state index contributed by atoms with van der Waals surface area (Å²) in [5, 5.41) is 19.9. The standard InChI is InChI=1S/C20H16Cl2N8O3/c1-2-32-13-8-6-11(7-9-13)17-16(25-29-30(17)19-18(23)27-33-28-19)20(31)26-24-10-12-4-3-5-14(21)15(12)22/h3-10H,2H2,1H3,(H2,23,27)(H,26,31)/b24-10+. The Hall–Kier alpha value is -3.96. The van der Waals surface area contributed by atoms with Crippen LogP contribution < -0.4 is 15.9 Å². The summed E-state index contributed by atoms with van der Waals surface area (Å²) in [4.78, 5) is 12.9. The number of ether oxygens (including phenoxy) is 1. The third kappa shape index (κ3) is 4.64. The van der Waals surface area contributed by atoms with E-state index in [1.807, 2.05) is 6.92 Å². The molecule has 2 aromatic carbocycles. The Bertz CT molecular complexity index is 1320. The van der Waals surface area contributed by atoms with Crippen molar-refractivity contribution in [3.63, 3.8) is 0 Å². The lowest BCUT2D eigenvalue weighted by atomic mass is 10.1. The predicted molar refractivity (Wildman–Crippen MR) is 122 cm³/mol. The highest BCUT2D eigenvalue weighted by Gasteiger charge is 2.25. The Kier molecular flexibility index (Phi) is 6.52. The van der Waals surface area contributed by atoms with Gasteiger partial charge in [-0.15, -0.1) is 5.10 Å². The Morgan fingerprint density at radius 3 is 2.73 bits per heavy atom. The molecular formula is C20H16Cl2N8O3. The molecule has 4 rings (SSSR count). The third-order valence-corrected chi connectivity index (χ3v) is 5.21. The Morgan fingerprint density at radius 2 is 2.03 bits per heavy atom. The molecule has 11 nitrogen and oxygen atoms in total. The molecule has 1 amide bonds. The van der Waals surface area contributed by atoms with Gasteiger partial charge in [-0.25, -0.2) is 10.1 Å². The highest BCUT2D eigenvalue weighted by molar-refractivity contribution is 6.43. The molecule has 3 N–H and O–H groups in total. The summed E-state index contributed by atoms with van der Waals surface area (Å²) in [5.41, 5.74) is 9.62. The van der Waals surface area contributed by atoms with Crippen molar-refractivity contribution in [3.8, 4) is 22.8 Å². The Labute approximate surface area is 197 Å². The molecule has 0 radical (unpaired) electrons. The first-order valence-corrected chi connectivity index (χ1v) is 10.3. The summed E-state index contributed by atoms with van der Waals surface area (Å²) >= 11 is 12.1. The van der Waals surface area contributed by atoms with Gasteiger partial charge in [-0.05, 0) is 47.6 Å². The molecule has 0 saturated heterocycles. The quantitative estimate of drug-likeness (QED) is 0.298. The van der Waals surface area contributed by atoms with Crippen molar-refractivity contribution >= 4 is 41.1 Å². The monoisotopic (exact) mass is 486 g/mol. The zero-order valence-electron chi connectivity index (χ0n) is 17.1. The van der Waals surface area contributed by atoms with E-state index < -0.39 is 5.91 Å². The smallest absolute Gasteiger partial charge is 0.294 e. The molecular weight excluding hydrogens is 471 g/mol. The lowest BCUT2D eigenvalue weighted by Crippen LogP contribution is -2.19. The van der Waals surface area contributed by atoms with Crippen molar-refractivity contribution in [2.45, 2.75) is 6.92 Å². The van der Waals surface area contributed by atoms with Gasteiger partial charge in [-0.2, -0.15) is 9.78 Å². The number of halogens is 2. The summed E-state index contributed by atoms with van der Waals surface area (Å²) in [6, 6.07) is 12.1. The van der Waals surface area contributed by atoms with E-state index in [2.05, 4.69) is 35.8 Å². The van der Waals surface area contributed by atoms with Gasteiger partial charge in [-0.1, -0.05) is 40.5 Å². The number of carbonyl (C=O) groups is 1. The van der Waals surface area contributed by atoms with Crippen molar-refractivity contribution in [3.05, 3.63) is 63.8 Å². The van der Waals surface area contributed by atoms with E-state index >= 15 is 0 Å². The summed E-state index contributed by atoms with van der Waals surface area (Å²) in [6.07, 6.45) is 1.37. The highest BCUT2D eigenvalue weighted by Crippen LogP contribution is 2.28. The number of amides is 1. The molecule has 4 aromatic rings. The lowest BCUT2D eigenvalue weighted by Gasteiger charge is -2.07. The zero-order chi connectivity index (χ0) is 23.4. The van der Waals surface area contributed by atoms with E-state index in [1.54, 1.807) is 42.5 Å². The maximum absolute atomic E-state index is 12.9. The molecule has 0 unspecified atom stereocenters. The minimum absolute atomic E-state index is 0.0207. The number of rotatable bonds is 7. The van der Waals surface area contributed by atoms with Crippen LogP contribution in [0.5, 0.6) is 5.75 Å². The summed E-state index contributed by atoms with van der Waals surface area (Å²) < 4.78 is 11.4. The Balaban J connectivity index is 1.68. The third-order valence-electron chi connectivity index (χ3n) is 4.37. The van der Waals surface area contributed by atoms with Gasteiger partial charge >= 0.3 is 0 Å². The van der Waals surface area contributed by atoms with Gasteiger partial charge < -0.3 is 10.5 Å². The van der Waals surface area contributed by atoms with Gasteiger partial charge in [0.25, 0.3) is 5.91 Å². The van der Waals surface area contributed by atoms with Gasteiger partial charge in [0.15, 0.2) is 5.69 Å². The molecule has 168 valence electrons. The number of carbonyl (C=O) groups excluding carboxylic acids is 1. The average molecular weight is 487 g/mol. The number of nitrogens with zero attached hydrogens (tertiary/aromatic N) is 6. The number of aromatic nitrogens is 5. The van der Waals surface area contributed by atoms with Crippen LogP contribution in [-0.4, -0.2) is 44.0 Å². The summed E-state index contributed by atoms with van der Waals surface area (Å²) in [6.45, 7) is 2.40. The Morgan fingerprint density at radius 1 is 1.24 bits per heavy atom. The molecule has 2 heterocycles. The number of nitrogen functional groups attached to an aromatic ring is 1. The molecule has 0 spiro atoms. The molecule has 0 saturated carbocycles. The summed E-state index contributed by atoms with van der Waals surface area (Å²) in [5.74, 6) is 0.0961. The number of nitrogens with two attached hydrogens (primary N) is 1. The van der Waals surface area contributed by atoms with Gasteiger partial charge in [0.05, 0.1) is 22.9 Å². The number of hydrogen-bond donors (Lipinski definition) is 2. The second kappa shape index (κ2) is 9.67. The number of hydrazone groups is 1. The first-order chi connectivity index (χ1) is 16.0. The number of nitrogens with one attached hydrogen (secondary N) is 1. The van der Waals surface area contributed by atoms with Crippen LogP contribution in [0.3, 0.4) is 0 Å². The minimum Gasteiger partial charge on any atom is -0.494 e. The van der Waals surface area contributed by atoms with Crippen LogP contribution in [0, 0.1) is 0 Å². The fraction of sp³-hybridized carbons (Fsp3) is 0.100. The van der Waals surface area contributed by atoms with Crippen LogP contribution in [0.4, 0.5) is 5.82 Å². The topological polar surface area (TPSA) is 146 Å². The zero-order valence-corrected chi connectivity index (χ0v) is 18.6. The number of benzene rings is 2. The van der Waals surface area contributed by atoms with Gasteiger partial charge in [0, 0.05) is 11.1 Å². The van der Waals surface area contributed by atoms with Crippen LogP contribution in [0.15, 0.2) is 52.2 Å². The predicted octanol–water partition coefficient (Wildman–Crippen LogP) is 3.37.